The van der Waals surface area contributed by atoms with Crippen molar-refractivity contribution in [3.63, 3.8) is 0 Å². The van der Waals surface area contributed by atoms with Gasteiger partial charge in [-0.25, -0.2) is 9.97 Å². The van der Waals surface area contributed by atoms with Crippen molar-refractivity contribution >= 4 is 22.6 Å². The van der Waals surface area contributed by atoms with Crippen molar-refractivity contribution in [1.82, 2.24) is 19.5 Å². The van der Waals surface area contributed by atoms with Gasteiger partial charge in [0.15, 0.2) is 5.79 Å². The Balaban J connectivity index is 1.28. The molecule has 0 amide bonds. The Kier molecular flexibility index (Phi) is 4.89. The van der Waals surface area contributed by atoms with Crippen molar-refractivity contribution < 1.29 is 14.2 Å². The van der Waals surface area contributed by atoms with E-state index in [1.54, 1.807) is 0 Å². The molecular formula is C24H27ClN4O3. The van der Waals surface area contributed by atoms with Gasteiger partial charge in [0.1, 0.15) is 29.0 Å². The number of hydrogen-bond donors (Lipinski definition) is 0. The topological polar surface area (TPSA) is 71.3 Å². The Labute approximate surface area is 192 Å². The summed E-state index contributed by atoms with van der Waals surface area (Å²) in [6, 6.07) is 4.06. The quantitative estimate of drug-likeness (QED) is 0.540. The fourth-order valence-electron chi connectivity index (χ4n) is 5.63. The van der Waals surface area contributed by atoms with Gasteiger partial charge < -0.3 is 18.8 Å². The van der Waals surface area contributed by atoms with Crippen LogP contribution in [0.5, 0.6) is 5.75 Å². The van der Waals surface area contributed by atoms with E-state index in [0.717, 1.165) is 36.0 Å². The zero-order valence-corrected chi connectivity index (χ0v) is 19.1. The third kappa shape index (κ3) is 3.38. The van der Waals surface area contributed by atoms with E-state index in [1.165, 1.54) is 30.4 Å². The average molecular weight is 455 g/mol. The molecule has 4 heterocycles. The molecule has 1 saturated heterocycles. The lowest BCUT2D eigenvalue weighted by Crippen LogP contribution is -2.29. The molecule has 0 aromatic carbocycles. The van der Waals surface area contributed by atoms with Gasteiger partial charge in [-0.1, -0.05) is 11.6 Å². The van der Waals surface area contributed by atoms with Crippen LogP contribution < -0.4 is 4.74 Å². The summed E-state index contributed by atoms with van der Waals surface area (Å²) in [6.45, 7) is 4.54. The first kappa shape index (κ1) is 20.4. The maximum absolute atomic E-state index is 6.41. The standard InChI is InChI=1S/C24H27ClN4O3/c1-24(2)31-20-14(12-30-19-7-9-26-17-6-4-3-5-15(17)19)11-18(21(20)32-24)29-10-8-16-22(25)27-13-28-23(16)29/h7-10,13-14,18,20-21H,3-6,11-12H2,1-2H3/t14-,18-,20-,21+/m1/s1. The van der Waals surface area contributed by atoms with Gasteiger partial charge in [-0.3, -0.25) is 4.98 Å². The van der Waals surface area contributed by atoms with Crippen molar-refractivity contribution in [3.05, 3.63) is 47.3 Å². The number of aromatic nitrogens is 4. The summed E-state index contributed by atoms with van der Waals surface area (Å²) in [6.07, 6.45) is 10.7. The first-order valence-corrected chi connectivity index (χ1v) is 11.8. The van der Waals surface area contributed by atoms with E-state index >= 15 is 0 Å². The van der Waals surface area contributed by atoms with Crippen molar-refractivity contribution in [2.75, 3.05) is 6.61 Å². The van der Waals surface area contributed by atoms with Gasteiger partial charge in [-0.05, 0) is 58.1 Å². The van der Waals surface area contributed by atoms with Crippen LogP contribution in [0.3, 0.4) is 0 Å². The number of pyridine rings is 1. The van der Waals surface area contributed by atoms with Gasteiger partial charge in [0, 0.05) is 29.6 Å². The minimum absolute atomic E-state index is 0.0394. The van der Waals surface area contributed by atoms with E-state index in [-0.39, 0.29) is 24.2 Å². The lowest BCUT2D eigenvalue weighted by atomic mass is 9.95. The zero-order valence-electron chi connectivity index (χ0n) is 18.3. The number of aryl methyl sites for hydroxylation is 1. The van der Waals surface area contributed by atoms with Gasteiger partial charge in [0.2, 0.25) is 0 Å². The molecule has 7 nitrogen and oxygen atoms in total. The molecule has 0 unspecified atom stereocenters. The summed E-state index contributed by atoms with van der Waals surface area (Å²) in [4.78, 5) is 13.2. The van der Waals surface area contributed by atoms with Crippen LogP contribution in [-0.4, -0.2) is 44.1 Å². The summed E-state index contributed by atoms with van der Waals surface area (Å²) in [7, 11) is 0. The van der Waals surface area contributed by atoms with Crippen molar-refractivity contribution in [2.24, 2.45) is 5.92 Å². The highest BCUT2D eigenvalue weighted by molar-refractivity contribution is 6.33. The molecule has 32 heavy (non-hydrogen) atoms. The molecule has 6 rings (SSSR count). The van der Waals surface area contributed by atoms with E-state index in [1.807, 2.05) is 38.4 Å². The third-order valence-corrected chi connectivity index (χ3v) is 7.32. The van der Waals surface area contributed by atoms with Crippen molar-refractivity contribution in [3.8, 4) is 5.75 Å². The number of ether oxygens (including phenoxy) is 3. The molecular weight excluding hydrogens is 428 g/mol. The smallest absolute Gasteiger partial charge is 0.163 e. The minimum Gasteiger partial charge on any atom is -0.493 e. The molecule has 1 saturated carbocycles. The predicted molar refractivity (Wildman–Crippen MR) is 120 cm³/mol. The maximum Gasteiger partial charge on any atom is 0.163 e. The Morgan fingerprint density at radius 1 is 1.12 bits per heavy atom. The molecule has 2 aliphatic carbocycles. The molecule has 168 valence electrons. The van der Waals surface area contributed by atoms with Gasteiger partial charge in [0.05, 0.1) is 24.1 Å². The van der Waals surface area contributed by atoms with E-state index in [4.69, 9.17) is 25.8 Å². The molecule has 2 fully saturated rings. The number of halogens is 1. The average Bonchev–Trinajstić information content (AvgIpc) is 3.44. The SMILES string of the molecule is CC1(C)O[C@@H]2[C@@H](COc3ccnc4c3CCCC4)C[C@@H](n3ccc4c(Cl)ncnc43)[C@@H]2O1. The third-order valence-electron chi connectivity index (χ3n) is 7.01. The lowest BCUT2D eigenvalue weighted by molar-refractivity contribution is -0.161. The van der Waals surface area contributed by atoms with Crippen LogP contribution in [-0.2, 0) is 22.3 Å². The van der Waals surface area contributed by atoms with Crippen LogP contribution in [0.25, 0.3) is 11.0 Å². The van der Waals surface area contributed by atoms with Crippen LogP contribution in [0.2, 0.25) is 5.15 Å². The van der Waals surface area contributed by atoms with E-state index < -0.39 is 5.79 Å². The number of rotatable bonds is 4. The molecule has 3 aromatic heterocycles. The van der Waals surface area contributed by atoms with Crippen LogP contribution in [0.1, 0.15) is 50.4 Å². The second-order valence-corrected chi connectivity index (χ2v) is 9.86. The zero-order chi connectivity index (χ0) is 21.9. The molecule has 0 bridgehead atoms. The second-order valence-electron chi connectivity index (χ2n) is 9.51. The Morgan fingerprint density at radius 3 is 2.88 bits per heavy atom. The number of fused-ring (bicyclic) bond motifs is 3. The molecule has 0 spiro atoms. The second kappa shape index (κ2) is 7.68. The Hall–Kier alpha value is -2.22. The van der Waals surface area contributed by atoms with Crippen molar-refractivity contribution in [1.29, 1.82) is 0 Å². The normalized spacial score (nSPS) is 28.6. The van der Waals surface area contributed by atoms with Crippen molar-refractivity contribution in [2.45, 2.75) is 70.0 Å². The Bertz CT molecular complexity index is 1160. The summed E-state index contributed by atoms with van der Waals surface area (Å²) in [5.74, 6) is 0.547. The van der Waals surface area contributed by atoms with Gasteiger partial charge in [-0.15, -0.1) is 0 Å². The van der Waals surface area contributed by atoms with Crippen LogP contribution in [0, 0.1) is 5.92 Å². The van der Waals surface area contributed by atoms with E-state index in [2.05, 4.69) is 19.5 Å². The molecule has 1 aliphatic heterocycles. The molecule has 3 aromatic rings. The van der Waals surface area contributed by atoms with Gasteiger partial charge >= 0.3 is 0 Å². The summed E-state index contributed by atoms with van der Waals surface area (Å²) >= 11 is 6.29. The number of nitrogens with zero attached hydrogens (tertiary/aromatic N) is 4. The maximum atomic E-state index is 6.41. The first-order chi connectivity index (χ1) is 15.5. The fraction of sp³-hybridized carbons (Fsp3) is 0.542. The molecule has 8 heteroatoms. The van der Waals surface area contributed by atoms with Gasteiger partial charge in [0.25, 0.3) is 0 Å². The van der Waals surface area contributed by atoms with Crippen LogP contribution >= 0.6 is 11.6 Å². The molecule has 0 radical (unpaired) electrons. The highest BCUT2D eigenvalue weighted by Gasteiger charge is 2.55. The molecule has 3 aliphatic rings. The fourth-order valence-corrected chi connectivity index (χ4v) is 5.82. The van der Waals surface area contributed by atoms with Gasteiger partial charge in [-0.2, -0.15) is 0 Å². The van der Waals surface area contributed by atoms with Crippen LogP contribution in [0.4, 0.5) is 0 Å². The lowest BCUT2D eigenvalue weighted by Gasteiger charge is -2.25. The summed E-state index contributed by atoms with van der Waals surface area (Å²) in [5, 5.41) is 1.32. The predicted octanol–water partition coefficient (Wildman–Crippen LogP) is 4.52. The monoisotopic (exact) mass is 454 g/mol. The highest BCUT2D eigenvalue weighted by Crippen LogP contribution is 2.48. The van der Waals surface area contributed by atoms with E-state index in [0.29, 0.717) is 11.8 Å². The molecule has 0 N–H and O–H groups in total. The Morgan fingerprint density at radius 2 is 1.97 bits per heavy atom. The van der Waals surface area contributed by atoms with E-state index in [9.17, 15) is 0 Å². The highest BCUT2D eigenvalue weighted by atomic mass is 35.5. The largest absolute Gasteiger partial charge is 0.493 e. The summed E-state index contributed by atoms with van der Waals surface area (Å²) < 4.78 is 21.3. The first-order valence-electron chi connectivity index (χ1n) is 11.4. The summed E-state index contributed by atoms with van der Waals surface area (Å²) in [5.41, 5.74) is 3.29. The van der Waals surface area contributed by atoms with Crippen LogP contribution in [0.15, 0.2) is 30.9 Å². The number of hydrogen-bond acceptors (Lipinski definition) is 6. The molecule has 4 atom stereocenters. The minimum atomic E-state index is -0.627.